The molecule has 0 aliphatic rings. The van der Waals surface area contributed by atoms with Crippen molar-refractivity contribution in [1.82, 2.24) is 0 Å². The highest BCUT2D eigenvalue weighted by Crippen LogP contribution is 2.28. The quantitative estimate of drug-likeness (QED) is 0.423. The van der Waals surface area contributed by atoms with Crippen LogP contribution in [0.25, 0.3) is 0 Å². The molecule has 6 nitrogen and oxygen atoms in total. The highest BCUT2D eigenvalue weighted by Gasteiger charge is 2.13. The molecule has 0 heterocycles. The third kappa shape index (κ3) is 6.59. The van der Waals surface area contributed by atoms with Gasteiger partial charge in [0.05, 0.1) is 6.61 Å². The summed E-state index contributed by atoms with van der Waals surface area (Å²) in [7, 11) is 0. The third-order valence-corrected chi connectivity index (χ3v) is 5.01. The first-order valence-electron chi connectivity index (χ1n) is 11.0. The molecule has 3 aromatic rings. The van der Waals surface area contributed by atoms with Gasteiger partial charge in [-0.2, -0.15) is 0 Å². The topological polar surface area (TPSA) is 76.7 Å². The second kappa shape index (κ2) is 11.2. The summed E-state index contributed by atoms with van der Waals surface area (Å²) in [5, 5.41) is 5.58. The van der Waals surface area contributed by atoms with Crippen molar-refractivity contribution in [3.63, 3.8) is 0 Å². The lowest BCUT2D eigenvalue weighted by Gasteiger charge is -2.16. The Labute approximate surface area is 194 Å². The van der Waals surface area contributed by atoms with E-state index >= 15 is 0 Å². The molecule has 0 aliphatic heterocycles. The average molecular weight is 447 g/mol. The van der Waals surface area contributed by atoms with Crippen molar-refractivity contribution < 1.29 is 19.1 Å². The minimum atomic E-state index is -0.242. The van der Waals surface area contributed by atoms with Crippen LogP contribution in [0.4, 0.5) is 11.4 Å². The van der Waals surface area contributed by atoms with Gasteiger partial charge in [-0.15, -0.1) is 0 Å². The number of hydrogen-bond acceptors (Lipinski definition) is 4. The van der Waals surface area contributed by atoms with Gasteiger partial charge in [0, 0.05) is 29.4 Å². The molecule has 0 spiro atoms. The molecule has 2 amide bonds. The molecule has 172 valence electrons. The van der Waals surface area contributed by atoms with E-state index in [2.05, 4.69) is 30.5 Å². The van der Waals surface area contributed by atoms with Gasteiger partial charge in [-0.1, -0.05) is 32.0 Å². The van der Waals surface area contributed by atoms with E-state index in [4.69, 9.17) is 9.47 Å². The summed E-state index contributed by atoms with van der Waals surface area (Å²) in [6.07, 6.45) is 0. The zero-order chi connectivity index (χ0) is 23.8. The van der Waals surface area contributed by atoms with Gasteiger partial charge in [-0.05, 0) is 66.9 Å². The van der Waals surface area contributed by atoms with Crippen LogP contribution in [0, 0.1) is 0 Å². The van der Waals surface area contributed by atoms with Crippen LogP contribution in [0.15, 0.2) is 66.7 Å². The van der Waals surface area contributed by atoms with E-state index in [1.54, 1.807) is 42.5 Å². The molecule has 0 unspecified atom stereocenters. The molecule has 0 saturated carbocycles. The molecule has 0 saturated heterocycles. The molecular weight excluding hydrogens is 416 g/mol. The van der Waals surface area contributed by atoms with Crippen LogP contribution >= 0.6 is 0 Å². The SMILES string of the molecule is CCOc1ccc(C(=O)Nc2ccc(NC(C)=O)cc2)cc1COc1ccccc1C(C)C. The molecule has 0 radical (unpaired) electrons. The van der Waals surface area contributed by atoms with Gasteiger partial charge >= 0.3 is 0 Å². The summed E-state index contributed by atoms with van der Waals surface area (Å²) in [4.78, 5) is 24.0. The highest BCUT2D eigenvalue weighted by molar-refractivity contribution is 6.04. The van der Waals surface area contributed by atoms with Crippen molar-refractivity contribution >= 4 is 23.2 Å². The Hall–Kier alpha value is -3.80. The number of ether oxygens (including phenoxy) is 2. The van der Waals surface area contributed by atoms with Crippen molar-refractivity contribution in [2.24, 2.45) is 0 Å². The smallest absolute Gasteiger partial charge is 0.255 e. The number of amides is 2. The van der Waals surface area contributed by atoms with Crippen molar-refractivity contribution in [3.05, 3.63) is 83.4 Å². The number of carbonyl (C=O) groups excluding carboxylic acids is 2. The van der Waals surface area contributed by atoms with Crippen molar-refractivity contribution in [1.29, 1.82) is 0 Å². The zero-order valence-corrected chi connectivity index (χ0v) is 19.5. The Morgan fingerprint density at radius 2 is 1.52 bits per heavy atom. The minimum Gasteiger partial charge on any atom is -0.493 e. The van der Waals surface area contributed by atoms with Crippen LogP contribution in [0.1, 0.15) is 55.1 Å². The first-order chi connectivity index (χ1) is 15.9. The van der Waals surface area contributed by atoms with E-state index in [1.165, 1.54) is 6.92 Å². The summed E-state index contributed by atoms with van der Waals surface area (Å²) < 4.78 is 11.9. The second-order valence-electron chi connectivity index (χ2n) is 7.95. The van der Waals surface area contributed by atoms with Crippen LogP contribution in [0.3, 0.4) is 0 Å². The maximum absolute atomic E-state index is 12.9. The lowest BCUT2D eigenvalue weighted by atomic mass is 10.0. The Kier molecular flexibility index (Phi) is 8.08. The van der Waals surface area contributed by atoms with E-state index in [0.29, 0.717) is 35.2 Å². The molecule has 0 atom stereocenters. The van der Waals surface area contributed by atoms with Crippen LogP contribution in [-0.4, -0.2) is 18.4 Å². The zero-order valence-electron chi connectivity index (χ0n) is 19.5. The van der Waals surface area contributed by atoms with Crippen molar-refractivity contribution in [2.45, 2.75) is 40.2 Å². The van der Waals surface area contributed by atoms with Gasteiger partial charge < -0.3 is 20.1 Å². The number of nitrogens with one attached hydrogen (secondary N) is 2. The Morgan fingerprint density at radius 3 is 2.15 bits per heavy atom. The molecule has 0 bridgehead atoms. The van der Waals surface area contributed by atoms with Gasteiger partial charge in [0.2, 0.25) is 5.91 Å². The van der Waals surface area contributed by atoms with Crippen LogP contribution in [0.2, 0.25) is 0 Å². The fraction of sp³-hybridized carbons (Fsp3) is 0.259. The predicted molar refractivity (Wildman–Crippen MR) is 131 cm³/mol. The molecule has 0 aliphatic carbocycles. The Morgan fingerprint density at radius 1 is 0.848 bits per heavy atom. The summed E-state index contributed by atoms with van der Waals surface area (Å²) in [6.45, 7) is 8.42. The first-order valence-corrected chi connectivity index (χ1v) is 11.0. The normalized spacial score (nSPS) is 10.6. The number of anilines is 2. The summed E-state index contributed by atoms with van der Waals surface area (Å²) in [5.74, 6) is 1.46. The second-order valence-corrected chi connectivity index (χ2v) is 7.95. The largest absolute Gasteiger partial charge is 0.493 e. The Balaban J connectivity index is 1.76. The predicted octanol–water partition coefficient (Wildman–Crippen LogP) is 6.00. The Bertz CT molecular complexity index is 1110. The fourth-order valence-electron chi connectivity index (χ4n) is 3.42. The van der Waals surface area contributed by atoms with E-state index in [1.807, 2.05) is 25.1 Å². The van der Waals surface area contributed by atoms with E-state index in [-0.39, 0.29) is 18.4 Å². The minimum absolute atomic E-state index is 0.146. The maximum Gasteiger partial charge on any atom is 0.255 e. The molecule has 0 fully saturated rings. The first kappa shape index (κ1) is 23.9. The number of para-hydroxylation sites is 1. The van der Waals surface area contributed by atoms with E-state index < -0.39 is 0 Å². The van der Waals surface area contributed by atoms with Gasteiger partial charge in [0.1, 0.15) is 18.1 Å². The van der Waals surface area contributed by atoms with Crippen LogP contribution < -0.4 is 20.1 Å². The third-order valence-electron chi connectivity index (χ3n) is 5.01. The highest BCUT2D eigenvalue weighted by atomic mass is 16.5. The number of benzene rings is 3. The lowest BCUT2D eigenvalue weighted by molar-refractivity contribution is -0.114. The summed E-state index contributed by atoms with van der Waals surface area (Å²) in [5.41, 5.74) is 3.73. The van der Waals surface area contributed by atoms with E-state index in [0.717, 1.165) is 16.9 Å². The molecule has 0 aromatic heterocycles. The summed E-state index contributed by atoms with van der Waals surface area (Å²) in [6, 6.07) is 20.2. The fourth-order valence-corrected chi connectivity index (χ4v) is 3.42. The molecule has 6 heteroatoms. The average Bonchev–Trinajstić information content (AvgIpc) is 2.79. The van der Waals surface area contributed by atoms with Gasteiger partial charge in [0.15, 0.2) is 0 Å². The summed E-state index contributed by atoms with van der Waals surface area (Å²) >= 11 is 0. The standard InChI is InChI=1S/C27H30N2O4/c1-5-32-25-15-10-20(27(31)29-23-13-11-22(12-14-23)28-19(4)30)16-21(25)17-33-26-9-7-6-8-24(26)18(2)3/h6-16,18H,5,17H2,1-4H3,(H,28,30)(H,29,31). The number of carbonyl (C=O) groups is 2. The molecular formula is C27H30N2O4. The molecule has 3 rings (SSSR count). The monoisotopic (exact) mass is 446 g/mol. The van der Waals surface area contributed by atoms with Crippen LogP contribution in [0.5, 0.6) is 11.5 Å². The van der Waals surface area contributed by atoms with Crippen molar-refractivity contribution in [2.75, 3.05) is 17.2 Å². The van der Waals surface area contributed by atoms with Gasteiger partial charge in [0.25, 0.3) is 5.91 Å². The number of rotatable bonds is 9. The van der Waals surface area contributed by atoms with Crippen LogP contribution in [-0.2, 0) is 11.4 Å². The lowest BCUT2D eigenvalue weighted by Crippen LogP contribution is -2.13. The molecule has 3 aromatic carbocycles. The van der Waals surface area contributed by atoms with Gasteiger partial charge in [-0.3, -0.25) is 9.59 Å². The molecule has 33 heavy (non-hydrogen) atoms. The maximum atomic E-state index is 12.9. The molecule has 2 N–H and O–H groups in total. The van der Waals surface area contributed by atoms with E-state index in [9.17, 15) is 9.59 Å². The number of hydrogen-bond donors (Lipinski definition) is 2. The van der Waals surface area contributed by atoms with Gasteiger partial charge in [-0.25, -0.2) is 0 Å². The van der Waals surface area contributed by atoms with Crippen molar-refractivity contribution in [3.8, 4) is 11.5 Å².